The summed E-state index contributed by atoms with van der Waals surface area (Å²) in [5.74, 6) is -0.460. The Morgan fingerprint density at radius 2 is 2.32 bits per heavy atom. The minimum Gasteiger partial charge on any atom is -0.478 e. The van der Waals surface area contributed by atoms with Gasteiger partial charge in [0.05, 0.1) is 0 Å². The van der Waals surface area contributed by atoms with Crippen molar-refractivity contribution in [3.63, 3.8) is 0 Å². The summed E-state index contributed by atoms with van der Waals surface area (Å²) in [5.41, 5.74) is 1.06. The molecule has 1 unspecified atom stereocenters. The Labute approximate surface area is 113 Å². The maximum Gasteiger partial charge on any atom is 0.339 e. The maximum absolute atomic E-state index is 11.2. The molecule has 0 aromatic carbocycles. The normalized spacial score (nSPS) is 20.2. The van der Waals surface area contributed by atoms with E-state index >= 15 is 0 Å². The van der Waals surface area contributed by atoms with Crippen LogP contribution in [0.15, 0.2) is 12.1 Å². The van der Waals surface area contributed by atoms with Gasteiger partial charge in [0.15, 0.2) is 0 Å². The van der Waals surface area contributed by atoms with Gasteiger partial charge in [-0.05, 0) is 45.5 Å². The number of nitrogens with zero attached hydrogens (tertiary/aromatic N) is 2. The largest absolute Gasteiger partial charge is 0.478 e. The Bertz CT molecular complexity index is 462. The average molecular weight is 263 g/mol. The van der Waals surface area contributed by atoms with Crippen molar-refractivity contribution in [2.45, 2.75) is 32.2 Å². The van der Waals surface area contributed by atoms with E-state index in [1.165, 1.54) is 12.8 Å². The molecule has 0 aliphatic carbocycles. The second-order valence-electron chi connectivity index (χ2n) is 5.17. The number of rotatable bonds is 4. The Morgan fingerprint density at radius 3 is 3.00 bits per heavy atom. The SMILES string of the molecule is Cc1ccc(C(=O)O)c(NCC2CCCCN2C)n1. The van der Waals surface area contributed by atoms with Gasteiger partial charge in [-0.1, -0.05) is 6.42 Å². The van der Waals surface area contributed by atoms with E-state index in [0.29, 0.717) is 11.9 Å². The van der Waals surface area contributed by atoms with Crippen LogP contribution in [-0.2, 0) is 0 Å². The van der Waals surface area contributed by atoms with Crippen LogP contribution in [0, 0.1) is 6.92 Å². The molecule has 0 radical (unpaired) electrons. The Hall–Kier alpha value is -1.62. The number of carbonyl (C=O) groups is 1. The first kappa shape index (κ1) is 13.8. The summed E-state index contributed by atoms with van der Waals surface area (Å²) in [6, 6.07) is 3.79. The summed E-state index contributed by atoms with van der Waals surface area (Å²) in [6.45, 7) is 3.72. The number of hydrogen-bond acceptors (Lipinski definition) is 4. The summed E-state index contributed by atoms with van der Waals surface area (Å²) in [7, 11) is 2.12. The number of aromatic carboxylic acids is 1. The molecule has 0 bridgehead atoms. The predicted molar refractivity (Wildman–Crippen MR) is 74.7 cm³/mol. The number of piperidine rings is 1. The first-order valence-electron chi connectivity index (χ1n) is 6.73. The van der Waals surface area contributed by atoms with Gasteiger partial charge < -0.3 is 15.3 Å². The maximum atomic E-state index is 11.2. The van der Waals surface area contributed by atoms with Gasteiger partial charge in [-0.3, -0.25) is 0 Å². The number of carboxylic acids is 1. The van der Waals surface area contributed by atoms with Crippen molar-refractivity contribution in [2.75, 3.05) is 25.5 Å². The first-order chi connectivity index (χ1) is 9.08. The van der Waals surface area contributed by atoms with E-state index in [2.05, 4.69) is 22.2 Å². The lowest BCUT2D eigenvalue weighted by Gasteiger charge is -2.32. The van der Waals surface area contributed by atoms with Gasteiger partial charge in [-0.15, -0.1) is 0 Å². The number of likely N-dealkylation sites (N-methyl/N-ethyl adjacent to an activating group) is 1. The average Bonchev–Trinajstić information content (AvgIpc) is 2.37. The number of nitrogens with one attached hydrogen (secondary N) is 1. The molecule has 2 heterocycles. The standard InChI is InChI=1S/C14H21N3O2/c1-10-6-7-12(14(18)19)13(16-10)15-9-11-5-3-4-8-17(11)2/h6-7,11H,3-5,8-9H2,1-2H3,(H,15,16)(H,18,19). The third-order valence-electron chi connectivity index (χ3n) is 3.69. The van der Waals surface area contributed by atoms with Crippen molar-refractivity contribution in [1.29, 1.82) is 0 Å². The molecule has 0 spiro atoms. The molecular formula is C14H21N3O2. The molecule has 1 aromatic heterocycles. The molecular weight excluding hydrogens is 242 g/mol. The highest BCUT2D eigenvalue weighted by atomic mass is 16.4. The van der Waals surface area contributed by atoms with Gasteiger partial charge in [-0.25, -0.2) is 9.78 Å². The molecule has 1 aliphatic heterocycles. The zero-order valence-electron chi connectivity index (χ0n) is 11.5. The number of likely N-dealkylation sites (tertiary alicyclic amines) is 1. The van der Waals surface area contributed by atoms with Crippen LogP contribution in [0.3, 0.4) is 0 Å². The molecule has 104 valence electrons. The predicted octanol–water partition coefficient (Wildman–Crippen LogP) is 1.98. The number of aromatic nitrogens is 1. The van der Waals surface area contributed by atoms with E-state index in [9.17, 15) is 4.79 Å². The summed E-state index contributed by atoms with van der Waals surface area (Å²) >= 11 is 0. The number of hydrogen-bond donors (Lipinski definition) is 2. The van der Waals surface area contributed by atoms with Gasteiger partial charge in [0.25, 0.3) is 0 Å². The minimum absolute atomic E-state index is 0.240. The third-order valence-corrected chi connectivity index (χ3v) is 3.69. The van der Waals surface area contributed by atoms with Crippen molar-refractivity contribution in [3.05, 3.63) is 23.4 Å². The summed E-state index contributed by atoms with van der Waals surface area (Å²) in [4.78, 5) is 17.8. The molecule has 5 nitrogen and oxygen atoms in total. The van der Waals surface area contributed by atoms with E-state index in [1.54, 1.807) is 12.1 Å². The van der Waals surface area contributed by atoms with Crippen LogP contribution in [0.4, 0.5) is 5.82 Å². The van der Waals surface area contributed by atoms with E-state index in [-0.39, 0.29) is 5.56 Å². The lowest BCUT2D eigenvalue weighted by atomic mass is 10.0. The Morgan fingerprint density at radius 1 is 1.53 bits per heavy atom. The van der Waals surface area contributed by atoms with Crippen LogP contribution in [0.2, 0.25) is 0 Å². The highest BCUT2D eigenvalue weighted by Crippen LogP contribution is 2.18. The summed E-state index contributed by atoms with van der Waals surface area (Å²) in [6.07, 6.45) is 3.64. The van der Waals surface area contributed by atoms with Crippen molar-refractivity contribution in [3.8, 4) is 0 Å². The van der Waals surface area contributed by atoms with E-state index < -0.39 is 5.97 Å². The number of pyridine rings is 1. The van der Waals surface area contributed by atoms with Crippen molar-refractivity contribution >= 4 is 11.8 Å². The van der Waals surface area contributed by atoms with Crippen molar-refractivity contribution < 1.29 is 9.90 Å². The molecule has 1 saturated heterocycles. The Balaban J connectivity index is 2.05. The highest BCUT2D eigenvalue weighted by Gasteiger charge is 2.19. The fraction of sp³-hybridized carbons (Fsp3) is 0.571. The molecule has 1 aliphatic rings. The van der Waals surface area contributed by atoms with Crippen molar-refractivity contribution in [1.82, 2.24) is 9.88 Å². The molecule has 2 N–H and O–H groups in total. The smallest absolute Gasteiger partial charge is 0.339 e. The molecule has 5 heteroatoms. The van der Waals surface area contributed by atoms with Crippen LogP contribution < -0.4 is 5.32 Å². The second kappa shape index (κ2) is 6.02. The van der Waals surface area contributed by atoms with Gasteiger partial charge in [0.2, 0.25) is 0 Å². The second-order valence-corrected chi connectivity index (χ2v) is 5.17. The number of anilines is 1. The lowest BCUT2D eigenvalue weighted by molar-refractivity contribution is 0.0697. The summed E-state index contributed by atoms with van der Waals surface area (Å²) < 4.78 is 0. The zero-order valence-corrected chi connectivity index (χ0v) is 11.5. The van der Waals surface area contributed by atoms with Crippen LogP contribution in [0.25, 0.3) is 0 Å². The minimum atomic E-state index is -0.938. The van der Waals surface area contributed by atoms with Crippen LogP contribution in [0.1, 0.15) is 35.3 Å². The fourth-order valence-electron chi connectivity index (χ4n) is 2.48. The van der Waals surface area contributed by atoms with Crippen LogP contribution in [0.5, 0.6) is 0 Å². The highest BCUT2D eigenvalue weighted by molar-refractivity contribution is 5.93. The van der Waals surface area contributed by atoms with Gasteiger partial charge in [0.1, 0.15) is 11.4 Å². The molecule has 0 saturated carbocycles. The molecule has 2 rings (SSSR count). The van der Waals surface area contributed by atoms with Crippen LogP contribution in [-0.4, -0.2) is 47.1 Å². The van der Waals surface area contributed by atoms with E-state index in [0.717, 1.165) is 25.2 Å². The first-order valence-corrected chi connectivity index (χ1v) is 6.73. The monoisotopic (exact) mass is 263 g/mol. The molecule has 0 amide bonds. The topological polar surface area (TPSA) is 65.5 Å². The molecule has 19 heavy (non-hydrogen) atoms. The molecule has 1 atom stereocenters. The number of aryl methyl sites for hydroxylation is 1. The molecule has 1 aromatic rings. The van der Waals surface area contributed by atoms with Gasteiger partial charge >= 0.3 is 5.97 Å². The van der Waals surface area contributed by atoms with E-state index in [1.807, 2.05) is 6.92 Å². The lowest BCUT2D eigenvalue weighted by Crippen LogP contribution is -2.41. The Kier molecular flexibility index (Phi) is 4.37. The van der Waals surface area contributed by atoms with Gasteiger partial charge in [0, 0.05) is 18.3 Å². The van der Waals surface area contributed by atoms with Crippen molar-refractivity contribution in [2.24, 2.45) is 0 Å². The van der Waals surface area contributed by atoms with Gasteiger partial charge in [-0.2, -0.15) is 0 Å². The van der Waals surface area contributed by atoms with E-state index in [4.69, 9.17) is 5.11 Å². The molecule has 1 fully saturated rings. The van der Waals surface area contributed by atoms with Crippen LogP contribution >= 0.6 is 0 Å². The quantitative estimate of drug-likeness (QED) is 0.869. The third kappa shape index (κ3) is 3.44. The fourth-order valence-corrected chi connectivity index (χ4v) is 2.48. The number of carboxylic acid groups (broad SMARTS) is 1. The summed E-state index contributed by atoms with van der Waals surface area (Å²) in [5, 5.41) is 12.4. The zero-order chi connectivity index (χ0) is 13.8.